The molecule has 0 aliphatic carbocycles. The predicted octanol–water partition coefficient (Wildman–Crippen LogP) is 2.81. The zero-order chi connectivity index (χ0) is 11.9. The summed E-state index contributed by atoms with van der Waals surface area (Å²) in [6, 6.07) is 8.27. The van der Waals surface area contributed by atoms with Crippen LogP contribution in [0.5, 0.6) is 0 Å². The number of para-hydroxylation sites is 1. The minimum absolute atomic E-state index is 0.361. The first-order valence-electron chi connectivity index (χ1n) is 6.32. The normalized spacial score (nSPS) is 20.2. The van der Waals surface area contributed by atoms with Gasteiger partial charge in [-0.25, -0.2) is 0 Å². The van der Waals surface area contributed by atoms with Crippen LogP contribution in [0.1, 0.15) is 24.8 Å². The molecule has 2 rings (SSSR count). The number of anilines is 1. The van der Waals surface area contributed by atoms with Gasteiger partial charge in [-0.2, -0.15) is 0 Å². The van der Waals surface area contributed by atoms with Gasteiger partial charge in [-0.15, -0.1) is 0 Å². The standard InChI is InChI=1S/C14H21NO2/c1-16-11-12-6-2-3-8-14(12)15-10-13-7-4-5-9-17-13/h2-3,6,8,13,15H,4-5,7,9-11H2,1H3. The van der Waals surface area contributed by atoms with Gasteiger partial charge in [0.1, 0.15) is 0 Å². The van der Waals surface area contributed by atoms with Gasteiger partial charge in [-0.1, -0.05) is 18.2 Å². The lowest BCUT2D eigenvalue weighted by atomic mass is 10.1. The highest BCUT2D eigenvalue weighted by Crippen LogP contribution is 2.18. The molecule has 1 fully saturated rings. The maximum absolute atomic E-state index is 5.71. The van der Waals surface area contributed by atoms with Crippen molar-refractivity contribution >= 4 is 5.69 Å². The summed E-state index contributed by atoms with van der Waals surface area (Å²) in [4.78, 5) is 0. The Morgan fingerprint density at radius 2 is 2.24 bits per heavy atom. The van der Waals surface area contributed by atoms with Crippen LogP contribution < -0.4 is 5.32 Å². The van der Waals surface area contributed by atoms with Crippen molar-refractivity contribution in [2.75, 3.05) is 25.6 Å². The molecule has 0 spiro atoms. The average Bonchev–Trinajstić information content (AvgIpc) is 2.39. The molecule has 1 aliphatic rings. The van der Waals surface area contributed by atoms with Crippen LogP contribution in [0.3, 0.4) is 0 Å². The van der Waals surface area contributed by atoms with Crippen molar-refractivity contribution in [2.45, 2.75) is 32.0 Å². The molecule has 1 atom stereocenters. The summed E-state index contributed by atoms with van der Waals surface area (Å²) < 4.78 is 10.9. The van der Waals surface area contributed by atoms with E-state index in [0.29, 0.717) is 12.7 Å². The number of hydrogen-bond donors (Lipinski definition) is 1. The third kappa shape index (κ3) is 3.72. The van der Waals surface area contributed by atoms with E-state index in [0.717, 1.165) is 18.8 Å². The Balaban J connectivity index is 1.88. The van der Waals surface area contributed by atoms with E-state index in [1.54, 1.807) is 7.11 Å². The molecule has 0 bridgehead atoms. The van der Waals surface area contributed by atoms with Crippen molar-refractivity contribution in [1.29, 1.82) is 0 Å². The van der Waals surface area contributed by atoms with Crippen LogP contribution in [0, 0.1) is 0 Å². The van der Waals surface area contributed by atoms with Crippen LogP contribution in [-0.2, 0) is 16.1 Å². The van der Waals surface area contributed by atoms with E-state index >= 15 is 0 Å². The number of ether oxygens (including phenoxy) is 2. The smallest absolute Gasteiger partial charge is 0.0747 e. The van der Waals surface area contributed by atoms with Crippen molar-refractivity contribution < 1.29 is 9.47 Å². The van der Waals surface area contributed by atoms with Crippen molar-refractivity contribution in [3.05, 3.63) is 29.8 Å². The fraction of sp³-hybridized carbons (Fsp3) is 0.571. The fourth-order valence-electron chi connectivity index (χ4n) is 2.17. The van der Waals surface area contributed by atoms with Gasteiger partial charge in [0, 0.05) is 31.5 Å². The molecule has 0 amide bonds. The minimum Gasteiger partial charge on any atom is -0.382 e. The summed E-state index contributed by atoms with van der Waals surface area (Å²) in [6.07, 6.45) is 4.02. The molecular weight excluding hydrogens is 214 g/mol. The van der Waals surface area contributed by atoms with Crippen LogP contribution in [0.15, 0.2) is 24.3 Å². The van der Waals surface area contributed by atoms with Gasteiger partial charge in [0.2, 0.25) is 0 Å². The molecule has 1 aliphatic heterocycles. The summed E-state index contributed by atoms with van der Waals surface area (Å²) in [5.74, 6) is 0. The highest BCUT2D eigenvalue weighted by atomic mass is 16.5. The SMILES string of the molecule is COCc1ccccc1NCC1CCCCO1. The van der Waals surface area contributed by atoms with E-state index in [1.807, 2.05) is 12.1 Å². The van der Waals surface area contributed by atoms with Gasteiger partial charge in [-0.3, -0.25) is 0 Å². The monoisotopic (exact) mass is 235 g/mol. The second kappa shape index (κ2) is 6.62. The Hall–Kier alpha value is -1.06. The Morgan fingerprint density at radius 1 is 1.35 bits per heavy atom. The van der Waals surface area contributed by atoms with Crippen LogP contribution in [0.4, 0.5) is 5.69 Å². The zero-order valence-corrected chi connectivity index (χ0v) is 10.4. The van der Waals surface area contributed by atoms with E-state index in [1.165, 1.54) is 24.8 Å². The second-order valence-corrected chi connectivity index (χ2v) is 4.46. The summed E-state index contributed by atoms with van der Waals surface area (Å²) in [7, 11) is 1.72. The first-order valence-corrected chi connectivity index (χ1v) is 6.32. The quantitative estimate of drug-likeness (QED) is 0.851. The summed E-state index contributed by atoms with van der Waals surface area (Å²) in [5, 5.41) is 3.46. The molecule has 0 saturated carbocycles. The molecule has 1 heterocycles. The highest BCUT2D eigenvalue weighted by molar-refractivity contribution is 5.50. The maximum atomic E-state index is 5.71. The molecule has 3 heteroatoms. The predicted molar refractivity (Wildman–Crippen MR) is 69.2 cm³/mol. The van der Waals surface area contributed by atoms with Crippen LogP contribution in [-0.4, -0.2) is 26.4 Å². The van der Waals surface area contributed by atoms with Crippen LogP contribution >= 0.6 is 0 Å². The number of benzene rings is 1. The molecule has 1 aromatic carbocycles. The first kappa shape index (κ1) is 12.4. The zero-order valence-electron chi connectivity index (χ0n) is 10.4. The Bertz CT molecular complexity index is 335. The molecule has 0 radical (unpaired) electrons. The number of methoxy groups -OCH3 is 1. The van der Waals surface area contributed by atoms with Crippen molar-refractivity contribution in [1.82, 2.24) is 0 Å². The van der Waals surface area contributed by atoms with Gasteiger partial charge in [0.15, 0.2) is 0 Å². The average molecular weight is 235 g/mol. The van der Waals surface area contributed by atoms with Crippen molar-refractivity contribution in [2.24, 2.45) is 0 Å². The maximum Gasteiger partial charge on any atom is 0.0747 e. The Kier molecular flexibility index (Phi) is 4.83. The van der Waals surface area contributed by atoms with Crippen molar-refractivity contribution in [3.8, 4) is 0 Å². The Labute approximate surface area is 103 Å². The number of hydrogen-bond acceptors (Lipinski definition) is 3. The molecule has 0 aromatic heterocycles. The van der Waals surface area contributed by atoms with Gasteiger partial charge in [0.25, 0.3) is 0 Å². The number of nitrogens with one attached hydrogen (secondary N) is 1. The minimum atomic E-state index is 0.361. The third-order valence-corrected chi connectivity index (χ3v) is 3.11. The topological polar surface area (TPSA) is 30.5 Å². The molecule has 17 heavy (non-hydrogen) atoms. The molecule has 94 valence electrons. The van der Waals surface area contributed by atoms with E-state index in [4.69, 9.17) is 9.47 Å². The lowest BCUT2D eigenvalue weighted by Gasteiger charge is -2.23. The molecular formula is C14H21NO2. The molecule has 1 unspecified atom stereocenters. The lowest BCUT2D eigenvalue weighted by Crippen LogP contribution is -2.27. The fourth-order valence-corrected chi connectivity index (χ4v) is 2.17. The van der Waals surface area contributed by atoms with E-state index in [2.05, 4.69) is 17.4 Å². The molecule has 1 N–H and O–H groups in total. The lowest BCUT2D eigenvalue weighted by molar-refractivity contribution is 0.0247. The molecule has 1 aromatic rings. The number of rotatable bonds is 5. The summed E-state index contributed by atoms with van der Waals surface area (Å²) >= 11 is 0. The van der Waals surface area contributed by atoms with Gasteiger partial charge in [-0.05, 0) is 25.3 Å². The van der Waals surface area contributed by atoms with Gasteiger partial charge < -0.3 is 14.8 Å². The second-order valence-electron chi connectivity index (χ2n) is 4.46. The largest absolute Gasteiger partial charge is 0.382 e. The highest BCUT2D eigenvalue weighted by Gasteiger charge is 2.13. The van der Waals surface area contributed by atoms with Crippen molar-refractivity contribution in [3.63, 3.8) is 0 Å². The van der Waals surface area contributed by atoms with Crippen LogP contribution in [0.25, 0.3) is 0 Å². The van der Waals surface area contributed by atoms with E-state index in [9.17, 15) is 0 Å². The van der Waals surface area contributed by atoms with E-state index in [-0.39, 0.29) is 0 Å². The first-order chi connectivity index (χ1) is 8.40. The third-order valence-electron chi connectivity index (χ3n) is 3.11. The molecule has 1 saturated heterocycles. The summed E-state index contributed by atoms with van der Waals surface area (Å²) in [5.41, 5.74) is 2.36. The Morgan fingerprint density at radius 3 is 3.00 bits per heavy atom. The molecule has 3 nitrogen and oxygen atoms in total. The van der Waals surface area contributed by atoms with Crippen LogP contribution in [0.2, 0.25) is 0 Å². The van der Waals surface area contributed by atoms with Gasteiger partial charge >= 0.3 is 0 Å². The van der Waals surface area contributed by atoms with Gasteiger partial charge in [0.05, 0.1) is 12.7 Å². The summed E-state index contributed by atoms with van der Waals surface area (Å²) in [6.45, 7) is 2.45. The van der Waals surface area contributed by atoms with E-state index < -0.39 is 0 Å².